The van der Waals surface area contributed by atoms with Crippen LogP contribution in [-0.2, 0) is 6.54 Å². The van der Waals surface area contributed by atoms with E-state index in [1.54, 1.807) is 18.2 Å². The smallest absolute Gasteiger partial charge is 0.294 e. The Labute approximate surface area is 152 Å². The standard InChI is InChI=1S/C18H14F2N4O3/c1-24(9-10-5-6-11(19)12(20)8-10)18(27)14-15(25)17(26)23-16(22-14)13-4-2-3-7-21-13/h2-8,25H,9H2,1H3,(H,22,23,26). The zero-order chi connectivity index (χ0) is 19.6. The molecule has 0 unspecified atom stereocenters. The van der Waals surface area contributed by atoms with Gasteiger partial charge in [-0.2, -0.15) is 0 Å². The molecule has 0 fully saturated rings. The lowest BCUT2D eigenvalue weighted by molar-refractivity contribution is 0.0775. The fraction of sp³-hybridized carbons (Fsp3) is 0.111. The number of nitrogens with one attached hydrogen (secondary N) is 1. The summed E-state index contributed by atoms with van der Waals surface area (Å²) >= 11 is 0. The second-order valence-corrected chi connectivity index (χ2v) is 5.74. The van der Waals surface area contributed by atoms with Gasteiger partial charge in [0.05, 0.1) is 0 Å². The first-order chi connectivity index (χ1) is 12.9. The quantitative estimate of drug-likeness (QED) is 0.731. The Morgan fingerprint density at radius 3 is 2.67 bits per heavy atom. The molecule has 0 radical (unpaired) electrons. The zero-order valence-corrected chi connectivity index (χ0v) is 14.1. The van der Waals surface area contributed by atoms with Crippen molar-refractivity contribution in [2.75, 3.05) is 7.05 Å². The Morgan fingerprint density at radius 1 is 1.22 bits per heavy atom. The van der Waals surface area contributed by atoms with Crippen LogP contribution in [0.25, 0.3) is 11.5 Å². The number of benzene rings is 1. The summed E-state index contributed by atoms with van der Waals surface area (Å²) in [6.45, 7) is -0.0805. The average molecular weight is 372 g/mol. The summed E-state index contributed by atoms with van der Waals surface area (Å²) in [7, 11) is 1.38. The molecule has 0 aliphatic carbocycles. The first-order valence-corrected chi connectivity index (χ1v) is 7.81. The summed E-state index contributed by atoms with van der Waals surface area (Å²) in [6, 6.07) is 8.16. The van der Waals surface area contributed by atoms with Crippen LogP contribution < -0.4 is 5.56 Å². The molecule has 1 amide bonds. The maximum Gasteiger partial charge on any atom is 0.294 e. The molecule has 0 saturated heterocycles. The van der Waals surface area contributed by atoms with E-state index in [0.717, 1.165) is 17.0 Å². The average Bonchev–Trinajstić information content (AvgIpc) is 2.67. The molecule has 138 valence electrons. The van der Waals surface area contributed by atoms with Crippen molar-refractivity contribution >= 4 is 5.91 Å². The third-order valence-corrected chi connectivity index (χ3v) is 3.76. The van der Waals surface area contributed by atoms with Crippen molar-refractivity contribution in [3.05, 3.63) is 75.8 Å². The van der Waals surface area contributed by atoms with Crippen molar-refractivity contribution in [2.45, 2.75) is 6.54 Å². The number of aromatic hydroxyl groups is 1. The Hall–Kier alpha value is -3.62. The van der Waals surface area contributed by atoms with Crippen LogP contribution in [0.4, 0.5) is 8.78 Å². The van der Waals surface area contributed by atoms with Gasteiger partial charge in [-0.15, -0.1) is 0 Å². The third kappa shape index (κ3) is 3.81. The number of carbonyl (C=O) groups excluding carboxylic acids is 1. The van der Waals surface area contributed by atoms with E-state index in [0.29, 0.717) is 11.3 Å². The van der Waals surface area contributed by atoms with Gasteiger partial charge >= 0.3 is 0 Å². The molecule has 7 nitrogen and oxygen atoms in total. The number of halogens is 2. The van der Waals surface area contributed by atoms with Crippen molar-refractivity contribution in [3.8, 4) is 17.3 Å². The van der Waals surface area contributed by atoms with E-state index in [-0.39, 0.29) is 12.4 Å². The van der Waals surface area contributed by atoms with Gasteiger partial charge in [0.2, 0.25) is 5.75 Å². The van der Waals surface area contributed by atoms with Crippen LogP contribution >= 0.6 is 0 Å². The summed E-state index contributed by atoms with van der Waals surface area (Å²) in [5, 5.41) is 9.95. The van der Waals surface area contributed by atoms with Gasteiger partial charge in [0.1, 0.15) is 5.69 Å². The van der Waals surface area contributed by atoms with Crippen LogP contribution in [0.2, 0.25) is 0 Å². The highest BCUT2D eigenvalue weighted by molar-refractivity contribution is 5.94. The summed E-state index contributed by atoms with van der Waals surface area (Å²) in [6.07, 6.45) is 1.49. The largest absolute Gasteiger partial charge is 0.501 e. The fourth-order valence-electron chi connectivity index (χ4n) is 2.40. The Morgan fingerprint density at radius 2 is 2.00 bits per heavy atom. The van der Waals surface area contributed by atoms with Crippen LogP contribution in [-0.4, -0.2) is 37.9 Å². The SMILES string of the molecule is CN(Cc1ccc(F)c(F)c1)C(=O)c1nc(-c2ccccn2)[nH]c(=O)c1O. The molecule has 0 atom stereocenters. The van der Waals surface area contributed by atoms with Gasteiger partial charge in [-0.25, -0.2) is 13.8 Å². The first-order valence-electron chi connectivity index (χ1n) is 7.81. The predicted molar refractivity (Wildman–Crippen MR) is 91.9 cm³/mol. The number of hydrogen-bond acceptors (Lipinski definition) is 5. The second-order valence-electron chi connectivity index (χ2n) is 5.74. The lowest BCUT2D eigenvalue weighted by Crippen LogP contribution is -2.29. The predicted octanol–water partition coefficient (Wildman–Crippen LogP) is 2.09. The highest BCUT2D eigenvalue weighted by Crippen LogP contribution is 2.17. The van der Waals surface area contributed by atoms with Crippen molar-refractivity contribution in [1.82, 2.24) is 19.9 Å². The normalized spacial score (nSPS) is 10.6. The number of carbonyl (C=O) groups is 1. The maximum atomic E-state index is 13.3. The molecule has 3 aromatic rings. The van der Waals surface area contributed by atoms with E-state index in [9.17, 15) is 23.5 Å². The van der Waals surface area contributed by atoms with Gasteiger partial charge in [0.25, 0.3) is 11.5 Å². The van der Waals surface area contributed by atoms with Crippen LogP contribution in [0.15, 0.2) is 47.4 Å². The topological polar surface area (TPSA) is 99.2 Å². The number of nitrogens with zero attached hydrogens (tertiary/aromatic N) is 3. The molecular weight excluding hydrogens is 358 g/mol. The molecule has 0 aliphatic rings. The molecule has 0 bridgehead atoms. The van der Waals surface area contributed by atoms with E-state index >= 15 is 0 Å². The molecule has 2 N–H and O–H groups in total. The Bertz CT molecular complexity index is 1050. The van der Waals surface area contributed by atoms with Gasteiger partial charge in [-0.1, -0.05) is 12.1 Å². The molecule has 0 aliphatic heterocycles. The Balaban J connectivity index is 1.92. The highest BCUT2D eigenvalue weighted by Gasteiger charge is 2.22. The van der Waals surface area contributed by atoms with Crippen molar-refractivity contribution in [2.24, 2.45) is 0 Å². The van der Waals surface area contributed by atoms with Gasteiger partial charge in [0, 0.05) is 19.8 Å². The minimum atomic E-state index is -1.04. The van der Waals surface area contributed by atoms with Crippen molar-refractivity contribution in [3.63, 3.8) is 0 Å². The summed E-state index contributed by atoms with van der Waals surface area (Å²) in [4.78, 5) is 36.1. The van der Waals surface area contributed by atoms with Crippen molar-refractivity contribution < 1.29 is 18.7 Å². The van der Waals surface area contributed by atoms with Gasteiger partial charge in [0.15, 0.2) is 23.2 Å². The molecule has 27 heavy (non-hydrogen) atoms. The van der Waals surface area contributed by atoms with Crippen LogP contribution in [0.5, 0.6) is 5.75 Å². The summed E-state index contributed by atoms with van der Waals surface area (Å²) in [5.41, 5.74) is -0.717. The van der Waals surface area contributed by atoms with E-state index in [1.807, 2.05) is 0 Å². The third-order valence-electron chi connectivity index (χ3n) is 3.76. The Kier molecular flexibility index (Phi) is 4.93. The first kappa shape index (κ1) is 18.2. The molecule has 0 spiro atoms. The lowest BCUT2D eigenvalue weighted by atomic mass is 10.2. The zero-order valence-electron chi connectivity index (χ0n) is 14.1. The minimum Gasteiger partial charge on any atom is -0.501 e. The number of aromatic amines is 1. The van der Waals surface area contributed by atoms with Crippen LogP contribution in [0.1, 0.15) is 16.1 Å². The molecular formula is C18H14F2N4O3. The van der Waals surface area contributed by atoms with Gasteiger partial charge in [-0.05, 0) is 29.8 Å². The van der Waals surface area contributed by atoms with Gasteiger partial charge in [-0.3, -0.25) is 14.6 Å². The molecule has 9 heteroatoms. The highest BCUT2D eigenvalue weighted by atomic mass is 19.2. The van der Waals surface area contributed by atoms with E-state index < -0.39 is 34.5 Å². The lowest BCUT2D eigenvalue weighted by Gasteiger charge is -2.17. The minimum absolute atomic E-state index is 0.0166. The second kappa shape index (κ2) is 7.32. The maximum absolute atomic E-state index is 13.3. The van der Waals surface area contributed by atoms with Crippen molar-refractivity contribution in [1.29, 1.82) is 0 Å². The monoisotopic (exact) mass is 372 g/mol. The number of H-pyrrole nitrogens is 1. The number of pyridine rings is 1. The molecule has 2 aromatic heterocycles. The fourth-order valence-corrected chi connectivity index (χ4v) is 2.40. The number of hydrogen-bond donors (Lipinski definition) is 2. The van der Waals surface area contributed by atoms with Crippen LogP contribution in [0, 0.1) is 11.6 Å². The number of amides is 1. The van der Waals surface area contributed by atoms with E-state index in [1.165, 1.54) is 19.3 Å². The van der Waals surface area contributed by atoms with E-state index in [2.05, 4.69) is 15.0 Å². The van der Waals surface area contributed by atoms with Gasteiger partial charge < -0.3 is 15.0 Å². The molecule has 0 saturated carbocycles. The van der Waals surface area contributed by atoms with E-state index in [4.69, 9.17) is 0 Å². The summed E-state index contributed by atoms with van der Waals surface area (Å²) < 4.78 is 26.3. The number of rotatable bonds is 4. The summed E-state index contributed by atoms with van der Waals surface area (Å²) in [5.74, 6) is -3.62. The molecule has 1 aromatic carbocycles. The van der Waals surface area contributed by atoms with Crippen LogP contribution in [0.3, 0.4) is 0 Å². The molecule has 3 rings (SSSR count). The number of aromatic nitrogens is 3. The molecule has 2 heterocycles.